The number of halogens is 2. The Labute approximate surface area is 308 Å². The van der Waals surface area contributed by atoms with Crippen molar-refractivity contribution >= 4 is 74.5 Å². The maximum absolute atomic E-state index is 14.1. The fourth-order valence-electron chi connectivity index (χ4n) is 5.16. The summed E-state index contributed by atoms with van der Waals surface area (Å²) in [7, 11) is 1.54. The Bertz CT molecular complexity index is 2080. The van der Waals surface area contributed by atoms with Crippen molar-refractivity contribution in [3.8, 4) is 17.2 Å². The number of carboxylic acid groups (broad SMARTS) is 1. The lowest BCUT2D eigenvalue weighted by Crippen LogP contribution is -2.40. The van der Waals surface area contributed by atoms with E-state index in [1.807, 2.05) is 38.1 Å². The number of aromatic carboxylic acids is 1. The van der Waals surface area contributed by atoms with E-state index < -0.39 is 18.0 Å². The number of carboxylic acids is 1. The second-order valence-corrected chi connectivity index (χ2v) is 14.3. The molecule has 250 valence electrons. The van der Waals surface area contributed by atoms with E-state index in [-0.39, 0.29) is 36.0 Å². The summed E-state index contributed by atoms with van der Waals surface area (Å²) in [4.78, 5) is 43.8. The maximum Gasteiger partial charge on any atom is 0.338 e. The molecule has 48 heavy (non-hydrogen) atoms. The van der Waals surface area contributed by atoms with Crippen LogP contribution in [-0.2, 0) is 16.1 Å². The number of hydrogen-bond acceptors (Lipinski definition) is 9. The van der Waals surface area contributed by atoms with E-state index in [4.69, 9.17) is 24.1 Å². The number of carbonyl (C=O) groups excluding carboxylic acids is 1. The first-order valence-corrected chi connectivity index (χ1v) is 17.9. The largest absolute Gasteiger partial charge is 0.493 e. The highest BCUT2D eigenvalue weighted by Crippen LogP contribution is 2.37. The van der Waals surface area contributed by atoms with Crippen LogP contribution in [0.15, 0.2) is 75.7 Å². The van der Waals surface area contributed by atoms with Crippen molar-refractivity contribution in [2.75, 3.05) is 13.7 Å². The van der Waals surface area contributed by atoms with E-state index >= 15 is 0 Å². The average Bonchev–Trinajstić information content (AvgIpc) is 3.33. The van der Waals surface area contributed by atoms with Crippen LogP contribution in [0, 0.1) is 7.14 Å². The fourth-order valence-corrected chi connectivity index (χ4v) is 8.34. The van der Waals surface area contributed by atoms with Crippen LogP contribution in [0.4, 0.5) is 0 Å². The van der Waals surface area contributed by atoms with E-state index in [0.29, 0.717) is 37.8 Å². The van der Waals surface area contributed by atoms with Gasteiger partial charge in [0, 0.05) is 0 Å². The van der Waals surface area contributed by atoms with Crippen molar-refractivity contribution in [1.29, 1.82) is 0 Å². The lowest BCUT2D eigenvalue weighted by Gasteiger charge is -2.25. The summed E-state index contributed by atoms with van der Waals surface area (Å²) >= 11 is 5.64. The fraction of sp³-hybridized carbons (Fsp3) is 0.257. The van der Waals surface area contributed by atoms with Gasteiger partial charge >= 0.3 is 11.9 Å². The molecule has 0 unspecified atom stereocenters. The quantitative estimate of drug-likeness (QED) is 0.142. The van der Waals surface area contributed by atoms with E-state index in [9.17, 15) is 14.4 Å². The van der Waals surface area contributed by atoms with Gasteiger partial charge in [-0.3, -0.25) is 9.36 Å². The highest BCUT2D eigenvalue weighted by Gasteiger charge is 2.34. The molecule has 13 heteroatoms. The Morgan fingerprint density at radius 3 is 2.35 bits per heavy atom. The van der Waals surface area contributed by atoms with Crippen molar-refractivity contribution in [3.05, 3.63) is 115 Å². The molecule has 1 N–H and O–H groups in total. The van der Waals surface area contributed by atoms with Gasteiger partial charge in [0.05, 0.1) is 54.4 Å². The first-order chi connectivity index (χ1) is 22.9. The molecule has 0 radical (unpaired) electrons. The van der Waals surface area contributed by atoms with E-state index in [0.717, 1.165) is 18.3 Å². The predicted octanol–water partition coefficient (Wildman–Crippen LogP) is 6.08. The minimum atomic E-state index is -0.981. The molecule has 0 saturated carbocycles. The van der Waals surface area contributed by atoms with Crippen LogP contribution < -0.4 is 29.1 Å². The number of aromatic nitrogens is 1. The molecule has 2 heterocycles. The molecule has 0 fully saturated rings. The SMILES string of the molecule is CCOC(=O)C1=C(C)N=c2s/c(=C\c3cc(I)c(OCc4ccc(C(=O)O)cc4)c(I)c3)c(=O)n2[C@@H]1c1ccc(OC(C)C)c(OC)c1. The number of methoxy groups -OCH3 is 1. The summed E-state index contributed by atoms with van der Waals surface area (Å²) < 4.78 is 26.7. The van der Waals surface area contributed by atoms with Crippen LogP contribution >= 0.6 is 56.5 Å². The summed E-state index contributed by atoms with van der Waals surface area (Å²) in [5, 5.41) is 9.14. The molecule has 3 aromatic carbocycles. The zero-order valence-electron chi connectivity index (χ0n) is 26.7. The number of carbonyl (C=O) groups is 2. The van der Waals surface area contributed by atoms with Crippen molar-refractivity contribution in [2.45, 2.75) is 46.4 Å². The van der Waals surface area contributed by atoms with Gasteiger partial charge in [0.25, 0.3) is 5.56 Å². The first kappa shape index (κ1) is 35.6. The number of ether oxygens (including phenoxy) is 4. The third-order valence-electron chi connectivity index (χ3n) is 7.29. The molecule has 0 amide bonds. The minimum Gasteiger partial charge on any atom is -0.493 e. The molecule has 0 aliphatic carbocycles. The van der Waals surface area contributed by atoms with Crippen LogP contribution in [-0.4, -0.2) is 41.4 Å². The molecule has 1 aliphatic heterocycles. The van der Waals surface area contributed by atoms with Gasteiger partial charge in [0.1, 0.15) is 12.4 Å². The molecule has 0 saturated heterocycles. The molecule has 5 rings (SSSR count). The van der Waals surface area contributed by atoms with Gasteiger partial charge in [0.2, 0.25) is 0 Å². The summed E-state index contributed by atoms with van der Waals surface area (Å²) in [6.45, 7) is 7.75. The number of fused-ring (bicyclic) bond motifs is 1. The lowest BCUT2D eigenvalue weighted by molar-refractivity contribution is -0.139. The smallest absolute Gasteiger partial charge is 0.338 e. The summed E-state index contributed by atoms with van der Waals surface area (Å²) in [6, 6.07) is 15.0. The standard InChI is InChI=1S/C35H32I2N2O8S/c1-6-45-34(43)29-19(4)38-35-39(30(29)23-11-12-26(47-18(2)3)27(16-23)44-5)32(40)28(48-35)15-21-13-24(36)31(25(37)14-21)46-17-20-7-9-22(10-8-20)33(41)42/h7-16,18,30H,6,17H2,1-5H3,(H,41,42)/b28-15-/t30-/m1/s1. The number of hydrogen-bond donors (Lipinski definition) is 1. The van der Waals surface area contributed by atoms with Crippen LogP contribution in [0.1, 0.15) is 60.8 Å². The minimum absolute atomic E-state index is 0.0794. The Hall–Kier alpha value is -3.70. The molecule has 1 aromatic heterocycles. The van der Waals surface area contributed by atoms with Gasteiger partial charge in [-0.05, 0) is 132 Å². The van der Waals surface area contributed by atoms with Crippen molar-refractivity contribution < 1.29 is 33.6 Å². The predicted molar refractivity (Wildman–Crippen MR) is 199 cm³/mol. The maximum atomic E-state index is 14.1. The number of rotatable bonds is 11. The number of thiazole rings is 1. The van der Waals surface area contributed by atoms with Crippen molar-refractivity contribution in [1.82, 2.24) is 4.57 Å². The number of benzene rings is 3. The Morgan fingerprint density at radius 2 is 1.75 bits per heavy atom. The number of nitrogens with zero attached hydrogens (tertiary/aromatic N) is 2. The molecule has 0 spiro atoms. The lowest BCUT2D eigenvalue weighted by atomic mass is 9.95. The van der Waals surface area contributed by atoms with E-state index in [1.165, 1.54) is 15.9 Å². The van der Waals surface area contributed by atoms with Crippen molar-refractivity contribution in [3.63, 3.8) is 0 Å². The zero-order valence-corrected chi connectivity index (χ0v) is 31.8. The van der Waals surface area contributed by atoms with E-state index in [2.05, 4.69) is 50.2 Å². The third kappa shape index (κ3) is 7.62. The molecule has 0 bridgehead atoms. The zero-order chi connectivity index (χ0) is 34.7. The molecule has 1 aliphatic rings. The van der Waals surface area contributed by atoms with Gasteiger partial charge < -0.3 is 24.1 Å². The summed E-state index contributed by atoms with van der Waals surface area (Å²) in [5.41, 5.74) is 2.94. The second kappa shape index (κ2) is 15.2. The summed E-state index contributed by atoms with van der Waals surface area (Å²) in [5.74, 6) is 0.188. The molecule has 1 atom stereocenters. The third-order valence-corrected chi connectivity index (χ3v) is 9.87. The second-order valence-electron chi connectivity index (χ2n) is 11.0. The molecular formula is C35H32I2N2O8S. The van der Waals surface area contributed by atoms with Crippen LogP contribution in [0.5, 0.6) is 17.2 Å². The van der Waals surface area contributed by atoms with Gasteiger partial charge in [-0.15, -0.1) is 0 Å². The Balaban J connectivity index is 1.54. The van der Waals surface area contributed by atoms with Crippen LogP contribution in [0.2, 0.25) is 0 Å². The molecule has 10 nitrogen and oxygen atoms in total. The van der Waals surface area contributed by atoms with Crippen LogP contribution in [0.25, 0.3) is 6.08 Å². The highest BCUT2D eigenvalue weighted by atomic mass is 127. The van der Waals surface area contributed by atoms with Crippen LogP contribution in [0.3, 0.4) is 0 Å². The molecular weight excluding hydrogens is 862 g/mol. The normalized spacial score (nSPS) is 14.4. The Kier molecular flexibility index (Phi) is 11.3. The Morgan fingerprint density at radius 1 is 1.06 bits per heavy atom. The summed E-state index contributed by atoms with van der Waals surface area (Å²) in [6.07, 6.45) is 1.73. The van der Waals surface area contributed by atoms with Gasteiger partial charge in [0.15, 0.2) is 16.3 Å². The van der Waals surface area contributed by atoms with E-state index in [1.54, 1.807) is 57.4 Å². The average molecular weight is 895 g/mol. The monoisotopic (exact) mass is 894 g/mol. The van der Waals surface area contributed by atoms with Crippen molar-refractivity contribution in [2.24, 2.45) is 4.99 Å². The highest BCUT2D eigenvalue weighted by molar-refractivity contribution is 14.1. The molecule has 4 aromatic rings. The van der Waals surface area contributed by atoms with Gasteiger partial charge in [-0.25, -0.2) is 14.6 Å². The first-order valence-electron chi connectivity index (χ1n) is 14.9. The number of esters is 1. The number of allylic oxidation sites excluding steroid dienone is 1. The topological polar surface area (TPSA) is 126 Å². The van der Waals surface area contributed by atoms with Gasteiger partial charge in [-0.2, -0.15) is 0 Å². The van der Waals surface area contributed by atoms with Gasteiger partial charge in [-0.1, -0.05) is 29.5 Å².